The minimum Gasteiger partial charge on any atom is -0.443 e. The maximum Gasteiger partial charge on any atom is 0.415 e. The summed E-state index contributed by atoms with van der Waals surface area (Å²) in [6.45, 7) is 9.67. The van der Waals surface area contributed by atoms with Crippen molar-refractivity contribution < 1.29 is 9.53 Å². The Bertz CT molecular complexity index is 571. The van der Waals surface area contributed by atoms with Gasteiger partial charge >= 0.3 is 6.09 Å². The predicted molar refractivity (Wildman–Crippen MR) is 96.5 cm³/mol. The molecular weight excluding hydrogens is 310 g/mol. The van der Waals surface area contributed by atoms with Gasteiger partial charge in [0.2, 0.25) is 0 Å². The standard InChI is InChI=1S/C19H28ClNO2/c1-13-11-12-16(14(2)17(13)20)21(15-9-7-6-8-10-15)18(22)23-19(3,4)5/h11-12,15H,6-10H2,1-5H3. The molecule has 0 spiro atoms. The van der Waals surface area contributed by atoms with Crippen LogP contribution >= 0.6 is 11.6 Å². The fourth-order valence-corrected chi connectivity index (χ4v) is 3.33. The first-order valence-electron chi connectivity index (χ1n) is 8.48. The molecule has 4 heteroatoms. The van der Waals surface area contributed by atoms with Crippen molar-refractivity contribution in [3.05, 3.63) is 28.3 Å². The van der Waals surface area contributed by atoms with Gasteiger partial charge < -0.3 is 4.74 Å². The van der Waals surface area contributed by atoms with E-state index in [2.05, 4.69) is 0 Å². The molecule has 23 heavy (non-hydrogen) atoms. The molecule has 1 fully saturated rings. The molecule has 1 aromatic rings. The molecule has 0 heterocycles. The normalized spacial score (nSPS) is 16.3. The number of hydrogen-bond donors (Lipinski definition) is 0. The summed E-state index contributed by atoms with van der Waals surface area (Å²) >= 11 is 6.42. The molecule has 0 N–H and O–H groups in total. The van der Waals surface area contributed by atoms with E-state index in [4.69, 9.17) is 16.3 Å². The van der Waals surface area contributed by atoms with Crippen molar-refractivity contribution in [3.63, 3.8) is 0 Å². The fraction of sp³-hybridized carbons (Fsp3) is 0.632. The molecule has 0 atom stereocenters. The van der Waals surface area contributed by atoms with Crippen molar-refractivity contribution in [1.82, 2.24) is 0 Å². The van der Waals surface area contributed by atoms with Gasteiger partial charge in [-0.2, -0.15) is 0 Å². The van der Waals surface area contributed by atoms with Gasteiger partial charge in [0.25, 0.3) is 0 Å². The summed E-state index contributed by atoms with van der Waals surface area (Å²) in [6, 6.07) is 4.16. The lowest BCUT2D eigenvalue weighted by atomic mass is 9.93. The van der Waals surface area contributed by atoms with Crippen molar-refractivity contribution >= 4 is 23.4 Å². The summed E-state index contributed by atoms with van der Waals surface area (Å²) in [4.78, 5) is 14.7. The first-order chi connectivity index (χ1) is 10.7. The second-order valence-electron chi connectivity index (χ2n) is 7.48. The molecule has 128 valence electrons. The van der Waals surface area contributed by atoms with Crippen molar-refractivity contribution in [2.45, 2.75) is 78.4 Å². The van der Waals surface area contributed by atoms with E-state index < -0.39 is 5.60 Å². The Hall–Kier alpha value is -1.22. The third kappa shape index (κ3) is 4.41. The Morgan fingerprint density at radius 3 is 2.35 bits per heavy atom. The number of benzene rings is 1. The summed E-state index contributed by atoms with van der Waals surface area (Å²) < 4.78 is 5.68. The highest BCUT2D eigenvalue weighted by Gasteiger charge is 2.32. The highest BCUT2D eigenvalue weighted by atomic mass is 35.5. The Labute approximate surface area is 145 Å². The molecule has 1 saturated carbocycles. The average molecular weight is 338 g/mol. The third-order valence-electron chi connectivity index (χ3n) is 4.34. The maximum atomic E-state index is 12.9. The Morgan fingerprint density at radius 1 is 1.17 bits per heavy atom. The minimum atomic E-state index is -0.508. The zero-order chi connectivity index (χ0) is 17.2. The number of anilines is 1. The highest BCUT2D eigenvalue weighted by Crippen LogP contribution is 2.35. The molecule has 1 aliphatic rings. The smallest absolute Gasteiger partial charge is 0.415 e. The van der Waals surface area contributed by atoms with Crippen LogP contribution < -0.4 is 4.90 Å². The van der Waals surface area contributed by atoms with Crippen LogP contribution in [0.15, 0.2) is 12.1 Å². The van der Waals surface area contributed by atoms with E-state index in [1.54, 1.807) is 0 Å². The van der Waals surface area contributed by atoms with Crippen molar-refractivity contribution in [2.24, 2.45) is 0 Å². The van der Waals surface area contributed by atoms with E-state index in [1.165, 1.54) is 6.42 Å². The number of carbonyl (C=O) groups excluding carboxylic acids is 1. The first kappa shape index (κ1) is 18.1. The average Bonchev–Trinajstić information content (AvgIpc) is 2.47. The number of amides is 1. The second-order valence-corrected chi connectivity index (χ2v) is 7.86. The van der Waals surface area contributed by atoms with Gasteiger partial charge in [0.1, 0.15) is 5.60 Å². The third-order valence-corrected chi connectivity index (χ3v) is 4.92. The molecule has 0 aliphatic heterocycles. The van der Waals surface area contributed by atoms with Crippen LogP contribution in [0.25, 0.3) is 0 Å². The van der Waals surface area contributed by atoms with Gasteiger partial charge in [-0.15, -0.1) is 0 Å². The summed E-state index contributed by atoms with van der Waals surface area (Å²) in [6.07, 6.45) is 5.32. The predicted octanol–water partition coefficient (Wildman–Crippen LogP) is 6.03. The lowest BCUT2D eigenvalue weighted by Crippen LogP contribution is -2.45. The lowest BCUT2D eigenvalue weighted by Gasteiger charge is -2.36. The van der Waals surface area contributed by atoms with Crippen LogP contribution in [-0.2, 0) is 4.74 Å². The molecule has 3 nitrogen and oxygen atoms in total. The Kier molecular flexibility index (Phi) is 5.61. The van der Waals surface area contributed by atoms with E-state index in [0.29, 0.717) is 0 Å². The molecule has 1 aliphatic carbocycles. The first-order valence-corrected chi connectivity index (χ1v) is 8.86. The van der Waals surface area contributed by atoms with Crippen LogP contribution in [0.5, 0.6) is 0 Å². The van der Waals surface area contributed by atoms with E-state index in [-0.39, 0.29) is 12.1 Å². The summed E-state index contributed by atoms with van der Waals surface area (Å²) in [5, 5.41) is 0.729. The number of carbonyl (C=O) groups is 1. The van der Waals surface area contributed by atoms with E-state index >= 15 is 0 Å². The molecule has 0 radical (unpaired) electrons. The summed E-state index contributed by atoms with van der Waals surface area (Å²) in [7, 11) is 0. The van der Waals surface area contributed by atoms with Gasteiger partial charge in [-0.3, -0.25) is 4.90 Å². The molecule has 0 unspecified atom stereocenters. The number of nitrogens with zero attached hydrogens (tertiary/aromatic N) is 1. The van der Waals surface area contributed by atoms with Gasteiger partial charge in [0.05, 0.1) is 5.69 Å². The zero-order valence-electron chi connectivity index (χ0n) is 14.9. The van der Waals surface area contributed by atoms with Crippen molar-refractivity contribution in [2.75, 3.05) is 4.90 Å². The lowest BCUT2D eigenvalue weighted by molar-refractivity contribution is 0.0557. The van der Waals surface area contributed by atoms with Crippen LogP contribution in [0.3, 0.4) is 0 Å². The Balaban J connectivity index is 2.40. The largest absolute Gasteiger partial charge is 0.443 e. The van der Waals surface area contributed by atoms with Gasteiger partial charge in [0, 0.05) is 11.1 Å². The van der Waals surface area contributed by atoms with E-state index in [0.717, 1.165) is 47.5 Å². The van der Waals surface area contributed by atoms with E-state index in [1.807, 2.05) is 51.7 Å². The number of halogens is 1. The molecule has 0 bridgehead atoms. The molecular formula is C19H28ClNO2. The van der Waals surface area contributed by atoms with E-state index in [9.17, 15) is 4.79 Å². The van der Waals surface area contributed by atoms with Crippen molar-refractivity contribution in [3.8, 4) is 0 Å². The minimum absolute atomic E-state index is 0.191. The van der Waals surface area contributed by atoms with Crippen LogP contribution in [0.2, 0.25) is 5.02 Å². The number of ether oxygens (including phenoxy) is 1. The topological polar surface area (TPSA) is 29.5 Å². The summed E-state index contributed by atoms with van der Waals surface area (Å²) in [5.74, 6) is 0. The van der Waals surface area contributed by atoms with Crippen LogP contribution in [-0.4, -0.2) is 17.7 Å². The molecule has 0 aromatic heterocycles. The van der Waals surface area contributed by atoms with Crippen molar-refractivity contribution in [1.29, 1.82) is 0 Å². The van der Waals surface area contributed by atoms with Gasteiger partial charge in [-0.1, -0.05) is 36.9 Å². The quantitative estimate of drug-likeness (QED) is 0.659. The van der Waals surface area contributed by atoms with Crippen LogP contribution in [0.1, 0.15) is 64.0 Å². The summed E-state index contributed by atoms with van der Waals surface area (Å²) in [5.41, 5.74) is 2.34. The molecule has 1 aromatic carbocycles. The SMILES string of the molecule is Cc1ccc(N(C(=O)OC(C)(C)C)C2CCCCC2)c(C)c1Cl. The second kappa shape index (κ2) is 7.12. The Morgan fingerprint density at radius 2 is 1.78 bits per heavy atom. The fourth-order valence-electron chi connectivity index (χ4n) is 3.17. The number of hydrogen-bond acceptors (Lipinski definition) is 2. The highest BCUT2D eigenvalue weighted by molar-refractivity contribution is 6.32. The molecule has 1 amide bonds. The van der Waals surface area contributed by atoms with Gasteiger partial charge in [-0.05, 0) is 64.7 Å². The zero-order valence-corrected chi connectivity index (χ0v) is 15.7. The van der Waals surface area contributed by atoms with Gasteiger partial charge in [0.15, 0.2) is 0 Å². The maximum absolute atomic E-state index is 12.9. The molecule has 0 saturated heterocycles. The molecule has 2 rings (SSSR count). The number of aryl methyl sites for hydroxylation is 1. The van der Waals surface area contributed by atoms with Gasteiger partial charge in [-0.25, -0.2) is 4.79 Å². The monoisotopic (exact) mass is 337 g/mol. The number of rotatable bonds is 2. The van der Waals surface area contributed by atoms with Crippen LogP contribution in [0, 0.1) is 13.8 Å². The van der Waals surface area contributed by atoms with Crippen LogP contribution in [0.4, 0.5) is 10.5 Å².